The predicted molar refractivity (Wildman–Crippen MR) is 157 cm³/mol. The number of fused-ring (bicyclic) bond motifs is 3. The first kappa shape index (κ1) is 25.1. The molecule has 3 atom stereocenters. The summed E-state index contributed by atoms with van der Waals surface area (Å²) in [6.07, 6.45) is 7.52. The minimum absolute atomic E-state index is 0.129. The van der Waals surface area contributed by atoms with Crippen molar-refractivity contribution >= 4 is 27.7 Å². The molecule has 2 aliphatic rings. The average molecular weight is 535 g/mol. The van der Waals surface area contributed by atoms with Gasteiger partial charge in [-0.3, -0.25) is 4.99 Å². The maximum atomic E-state index is 12.5. The molecule has 1 N–H and O–H groups in total. The molecular formula is C33H30N2O3S. The van der Waals surface area contributed by atoms with Gasteiger partial charge >= 0.3 is 10.1 Å². The lowest BCUT2D eigenvalue weighted by atomic mass is 9.76. The summed E-state index contributed by atoms with van der Waals surface area (Å²) in [5, 5.41) is 3.79. The number of nitrogens with zero attached hydrogens (tertiary/aromatic N) is 1. The number of anilines is 1. The number of aryl methyl sites for hydroxylation is 2. The molecule has 4 aromatic rings. The zero-order valence-corrected chi connectivity index (χ0v) is 22.7. The van der Waals surface area contributed by atoms with Crippen LogP contribution in [0.3, 0.4) is 0 Å². The first-order chi connectivity index (χ1) is 18.9. The summed E-state index contributed by atoms with van der Waals surface area (Å²) in [7, 11) is -3.88. The molecule has 1 aliphatic carbocycles. The van der Waals surface area contributed by atoms with Crippen molar-refractivity contribution in [2.45, 2.75) is 37.1 Å². The van der Waals surface area contributed by atoms with Crippen molar-refractivity contribution in [2.24, 2.45) is 10.9 Å². The number of rotatable bonds is 6. The lowest BCUT2D eigenvalue weighted by molar-refractivity contribution is 0.425. The van der Waals surface area contributed by atoms with Gasteiger partial charge in [-0.05, 0) is 97.5 Å². The van der Waals surface area contributed by atoms with Crippen molar-refractivity contribution in [3.05, 3.63) is 131 Å². The molecule has 0 aromatic heterocycles. The van der Waals surface area contributed by atoms with Gasteiger partial charge in [-0.15, -0.1) is 0 Å². The van der Waals surface area contributed by atoms with Crippen molar-refractivity contribution in [1.82, 2.24) is 0 Å². The van der Waals surface area contributed by atoms with Crippen LogP contribution in [0.2, 0.25) is 0 Å². The lowest BCUT2D eigenvalue weighted by Gasteiger charge is -2.37. The first-order valence-electron chi connectivity index (χ1n) is 13.1. The molecule has 6 heteroatoms. The third kappa shape index (κ3) is 5.25. The number of hydrogen-bond donors (Lipinski definition) is 1. The SMILES string of the molecule is Cc1ccc(S(=O)(=O)Oc2ccc(C=Nc3ccc([C@@H]4Nc5ccc(C)cc5[C@H]5C=CC[C@@H]54)cc3)cc2)cc1. The molecular weight excluding hydrogens is 504 g/mol. The van der Waals surface area contributed by atoms with Crippen molar-refractivity contribution in [2.75, 3.05) is 5.32 Å². The molecule has 1 aliphatic heterocycles. The molecule has 196 valence electrons. The lowest BCUT2D eigenvalue weighted by Crippen LogP contribution is -2.29. The Bertz CT molecular complexity index is 1660. The standard InChI is InChI=1S/C33H30N2O3S/c1-22-6-17-28(18-7-22)39(36,37)38-27-15-9-24(10-16-27)21-34-26-13-11-25(12-14-26)33-30-5-3-4-29(30)31-20-23(2)8-19-32(31)35-33/h3-4,6-21,29-30,33,35H,5H2,1-2H3/t29-,30-,33-/m0/s1. The van der Waals surface area contributed by atoms with Gasteiger partial charge in [0, 0.05) is 17.8 Å². The Morgan fingerprint density at radius 2 is 1.59 bits per heavy atom. The van der Waals surface area contributed by atoms with Crippen LogP contribution >= 0.6 is 0 Å². The van der Waals surface area contributed by atoms with E-state index in [1.165, 1.54) is 22.4 Å². The molecule has 0 fully saturated rings. The van der Waals surface area contributed by atoms with Crippen molar-refractivity contribution in [1.29, 1.82) is 0 Å². The third-order valence-electron chi connectivity index (χ3n) is 7.53. The van der Waals surface area contributed by atoms with E-state index in [2.05, 4.69) is 59.7 Å². The number of hydrogen-bond acceptors (Lipinski definition) is 5. The van der Waals surface area contributed by atoms with Crippen LogP contribution in [0, 0.1) is 19.8 Å². The highest BCUT2D eigenvalue weighted by Gasteiger charge is 2.37. The Kier molecular flexibility index (Phi) is 6.57. The second-order valence-corrected chi connectivity index (χ2v) is 11.9. The van der Waals surface area contributed by atoms with E-state index in [0.717, 1.165) is 23.2 Å². The molecule has 0 unspecified atom stereocenters. The Labute approximate surface area is 230 Å². The summed E-state index contributed by atoms with van der Waals surface area (Å²) in [5.41, 5.74) is 7.86. The summed E-state index contributed by atoms with van der Waals surface area (Å²) in [6.45, 7) is 4.06. The highest BCUT2D eigenvalue weighted by molar-refractivity contribution is 7.87. The predicted octanol–water partition coefficient (Wildman–Crippen LogP) is 7.65. The highest BCUT2D eigenvalue weighted by Crippen LogP contribution is 2.50. The third-order valence-corrected chi connectivity index (χ3v) is 8.79. The monoisotopic (exact) mass is 534 g/mol. The molecule has 39 heavy (non-hydrogen) atoms. The Morgan fingerprint density at radius 3 is 2.33 bits per heavy atom. The summed E-state index contributed by atoms with van der Waals surface area (Å²) < 4.78 is 30.3. The molecule has 0 bridgehead atoms. The quantitative estimate of drug-likeness (QED) is 0.157. The van der Waals surface area contributed by atoms with Crippen molar-refractivity contribution in [3.63, 3.8) is 0 Å². The van der Waals surface area contributed by atoms with Crippen LogP contribution in [0.5, 0.6) is 5.75 Å². The van der Waals surface area contributed by atoms with Crippen LogP contribution in [0.1, 0.15) is 46.2 Å². The summed E-state index contributed by atoms with van der Waals surface area (Å²) in [4.78, 5) is 4.75. The van der Waals surface area contributed by atoms with Gasteiger partial charge in [0.25, 0.3) is 0 Å². The van der Waals surface area contributed by atoms with Crippen LogP contribution in [0.25, 0.3) is 0 Å². The minimum atomic E-state index is -3.88. The Hall–Kier alpha value is -4.16. The van der Waals surface area contributed by atoms with Gasteiger partial charge in [0.15, 0.2) is 0 Å². The van der Waals surface area contributed by atoms with E-state index in [1.54, 1.807) is 54.7 Å². The van der Waals surface area contributed by atoms with Gasteiger partial charge in [0.2, 0.25) is 0 Å². The normalized spacial score (nSPS) is 19.9. The van der Waals surface area contributed by atoms with E-state index in [0.29, 0.717) is 11.8 Å². The maximum Gasteiger partial charge on any atom is 0.339 e. The minimum Gasteiger partial charge on any atom is -0.379 e. The fourth-order valence-corrected chi connectivity index (χ4v) is 6.38. The van der Waals surface area contributed by atoms with Gasteiger partial charge in [-0.25, -0.2) is 0 Å². The van der Waals surface area contributed by atoms with E-state index < -0.39 is 10.1 Å². The van der Waals surface area contributed by atoms with Crippen LogP contribution < -0.4 is 9.50 Å². The van der Waals surface area contributed by atoms with E-state index in [-0.39, 0.29) is 16.7 Å². The van der Waals surface area contributed by atoms with Gasteiger partial charge in [-0.1, -0.05) is 59.7 Å². The zero-order valence-electron chi connectivity index (χ0n) is 21.9. The van der Waals surface area contributed by atoms with Gasteiger partial charge in [0.05, 0.1) is 11.7 Å². The first-order valence-corrected chi connectivity index (χ1v) is 14.6. The topological polar surface area (TPSA) is 67.8 Å². The van der Waals surface area contributed by atoms with E-state index >= 15 is 0 Å². The second kappa shape index (κ2) is 10.2. The largest absolute Gasteiger partial charge is 0.379 e. The van der Waals surface area contributed by atoms with E-state index in [4.69, 9.17) is 4.18 Å². The van der Waals surface area contributed by atoms with Crippen LogP contribution in [0.4, 0.5) is 11.4 Å². The summed E-state index contributed by atoms with van der Waals surface area (Å²) >= 11 is 0. The van der Waals surface area contributed by atoms with Crippen LogP contribution in [0.15, 0.2) is 113 Å². The molecule has 0 spiro atoms. The molecule has 0 radical (unpaired) electrons. The van der Waals surface area contributed by atoms with Crippen molar-refractivity contribution in [3.8, 4) is 5.75 Å². The molecule has 0 amide bonds. The zero-order chi connectivity index (χ0) is 27.0. The Morgan fingerprint density at radius 1 is 0.872 bits per heavy atom. The molecule has 5 nitrogen and oxygen atoms in total. The molecule has 1 heterocycles. The number of aliphatic imine (C=N–C) groups is 1. The summed E-state index contributed by atoms with van der Waals surface area (Å²) in [6, 6.07) is 28.8. The summed E-state index contributed by atoms with van der Waals surface area (Å²) in [5.74, 6) is 1.21. The fraction of sp³-hybridized carbons (Fsp3) is 0.182. The number of benzene rings is 4. The van der Waals surface area contributed by atoms with Crippen molar-refractivity contribution < 1.29 is 12.6 Å². The number of allylic oxidation sites excluding steroid dienone is 2. The number of nitrogens with one attached hydrogen (secondary N) is 1. The maximum absolute atomic E-state index is 12.5. The van der Waals surface area contributed by atoms with E-state index in [1.807, 2.05) is 19.1 Å². The molecule has 6 rings (SSSR count). The van der Waals surface area contributed by atoms with Gasteiger partial charge < -0.3 is 9.50 Å². The highest BCUT2D eigenvalue weighted by atomic mass is 32.2. The van der Waals surface area contributed by atoms with Crippen LogP contribution in [-0.4, -0.2) is 14.6 Å². The Balaban J connectivity index is 1.13. The smallest absolute Gasteiger partial charge is 0.339 e. The van der Waals surface area contributed by atoms with Gasteiger partial charge in [-0.2, -0.15) is 8.42 Å². The molecule has 0 saturated heterocycles. The van der Waals surface area contributed by atoms with Crippen LogP contribution in [-0.2, 0) is 10.1 Å². The molecule has 0 saturated carbocycles. The second-order valence-electron chi connectivity index (χ2n) is 10.3. The van der Waals surface area contributed by atoms with E-state index in [9.17, 15) is 8.42 Å². The average Bonchev–Trinajstić information content (AvgIpc) is 3.43. The molecule has 4 aromatic carbocycles. The van der Waals surface area contributed by atoms with Gasteiger partial charge in [0.1, 0.15) is 10.6 Å². The fourth-order valence-electron chi connectivity index (χ4n) is 5.45.